The Bertz CT molecular complexity index is 1160. The van der Waals surface area contributed by atoms with Gasteiger partial charge in [0.25, 0.3) is 15.6 Å². The largest absolute Gasteiger partial charge is 0.790 e. The number of nitrogens with zero attached hydrogens (tertiary/aromatic N) is 4. The first-order valence-electron chi connectivity index (χ1n) is 7.97. The van der Waals surface area contributed by atoms with Crippen molar-refractivity contribution in [2.45, 2.75) is 24.5 Å². The lowest BCUT2D eigenvalue weighted by Gasteiger charge is -2.37. The molecule has 6 atom stereocenters. The van der Waals surface area contributed by atoms with E-state index in [1.54, 1.807) is 0 Å². The van der Waals surface area contributed by atoms with Gasteiger partial charge in [-0.3, -0.25) is 18.0 Å². The fourth-order valence-corrected chi connectivity index (χ4v) is 5.68. The number of nitrogen functional groups attached to an aromatic ring is 1. The number of aliphatic hydroxyl groups excluding tert-OH is 2. The zero-order valence-corrected chi connectivity index (χ0v) is 18.5. The molecule has 1 aliphatic rings. The molecule has 0 aromatic carbocycles. The van der Waals surface area contributed by atoms with E-state index in [1.165, 1.54) is 0 Å². The van der Waals surface area contributed by atoms with Crippen LogP contribution in [-0.2, 0) is 31.6 Å². The number of aromatic nitrogens is 4. The van der Waals surface area contributed by atoms with Crippen LogP contribution in [-0.4, -0.2) is 54.7 Å². The molecule has 0 amide bonds. The molecule has 18 nitrogen and oxygen atoms in total. The number of phosphoric acid groups is 3. The summed E-state index contributed by atoms with van der Waals surface area (Å²) in [5.74, 6) is -0.0962. The Morgan fingerprint density at radius 3 is 2.41 bits per heavy atom. The lowest BCUT2D eigenvalue weighted by molar-refractivity contribution is -0.339. The SMILES string of the molecule is Nc1nc(Cl)nc2c1ncn2[C@@H]1O[C@H](COP(=O)([O-])OP(=O)([O-])OP(=O)([O-])[O-])[C@@H](O)[C@H]1O. The highest BCUT2D eigenvalue weighted by molar-refractivity contribution is 7.64. The topological polar surface area (TPSA) is 290 Å². The molecule has 2 unspecified atom stereocenters. The van der Waals surface area contributed by atoms with E-state index in [-0.39, 0.29) is 22.3 Å². The zero-order valence-electron chi connectivity index (χ0n) is 15.1. The second-order valence-electron chi connectivity index (χ2n) is 6.05. The minimum atomic E-state index is -6.16. The van der Waals surface area contributed by atoms with Crippen LogP contribution in [0.15, 0.2) is 6.33 Å². The Labute approximate surface area is 182 Å². The van der Waals surface area contributed by atoms with Crippen LogP contribution in [0, 0.1) is 0 Å². The number of hydrogen-bond acceptors (Lipinski definition) is 17. The summed E-state index contributed by atoms with van der Waals surface area (Å²) in [6.07, 6.45) is -5.33. The molecule has 0 radical (unpaired) electrons. The minimum Gasteiger partial charge on any atom is -0.790 e. The van der Waals surface area contributed by atoms with Crippen LogP contribution in [0.25, 0.3) is 11.2 Å². The van der Waals surface area contributed by atoms with Crippen LogP contribution in [0.3, 0.4) is 0 Å². The maximum absolute atomic E-state index is 11.6. The monoisotopic (exact) mass is 537 g/mol. The van der Waals surface area contributed by atoms with Gasteiger partial charge in [-0.05, 0) is 11.6 Å². The molecule has 2 aromatic heterocycles. The third kappa shape index (κ3) is 5.88. The van der Waals surface area contributed by atoms with Crippen LogP contribution in [0.5, 0.6) is 0 Å². The van der Waals surface area contributed by atoms with Gasteiger partial charge in [0, 0.05) is 0 Å². The number of nitrogens with two attached hydrogens (primary N) is 1. The Morgan fingerprint density at radius 1 is 1.12 bits per heavy atom. The molecular weight excluding hydrogens is 527 g/mol. The molecule has 1 fully saturated rings. The lowest BCUT2D eigenvalue weighted by Crippen LogP contribution is -2.34. The number of aliphatic hydroxyl groups is 2. The van der Waals surface area contributed by atoms with E-state index >= 15 is 0 Å². The van der Waals surface area contributed by atoms with Gasteiger partial charge in [0.05, 0.1) is 20.8 Å². The van der Waals surface area contributed by atoms with Crippen LogP contribution in [0.4, 0.5) is 5.82 Å². The van der Waals surface area contributed by atoms with Gasteiger partial charge in [0.1, 0.15) is 23.8 Å². The smallest absolute Gasteiger partial charge is 0.278 e. The van der Waals surface area contributed by atoms with Crippen molar-refractivity contribution in [2.24, 2.45) is 0 Å². The van der Waals surface area contributed by atoms with Crippen molar-refractivity contribution in [3.63, 3.8) is 0 Å². The van der Waals surface area contributed by atoms with Crippen LogP contribution in [0.1, 0.15) is 6.23 Å². The molecule has 3 rings (SSSR count). The van der Waals surface area contributed by atoms with Crippen molar-refractivity contribution in [1.29, 1.82) is 0 Å². The molecule has 0 aliphatic carbocycles. The third-order valence-corrected chi connectivity index (χ3v) is 7.66. The zero-order chi connectivity index (χ0) is 24.1. The van der Waals surface area contributed by atoms with Gasteiger partial charge in [-0.15, -0.1) is 0 Å². The molecule has 1 aliphatic heterocycles. The van der Waals surface area contributed by atoms with Gasteiger partial charge < -0.3 is 49.3 Å². The summed E-state index contributed by atoms with van der Waals surface area (Å²) in [4.78, 5) is 54.9. The summed E-state index contributed by atoms with van der Waals surface area (Å²) in [5, 5.41) is 20.1. The maximum atomic E-state index is 11.6. The first-order chi connectivity index (χ1) is 14.6. The van der Waals surface area contributed by atoms with Crippen molar-refractivity contribution in [2.75, 3.05) is 12.3 Å². The quantitative estimate of drug-likeness (QED) is 0.217. The van der Waals surface area contributed by atoms with Crippen LogP contribution >= 0.6 is 35.1 Å². The van der Waals surface area contributed by atoms with Gasteiger partial charge in [-0.2, -0.15) is 9.97 Å². The molecule has 32 heavy (non-hydrogen) atoms. The summed E-state index contributed by atoms with van der Waals surface area (Å²) in [7, 11) is -18.1. The Morgan fingerprint density at radius 2 is 1.78 bits per heavy atom. The van der Waals surface area contributed by atoms with Gasteiger partial charge in [-0.1, -0.05) is 0 Å². The molecule has 1 saturated heterocycles. The van der Waals surface area contributed by atoms with Gasteiger partial charge in [0.15, 0.2) is 17.7 Å². The van der Waals surface area contributed by atoms with E-state index in [9.17, 15) is 43.5 Å². The number of anilines is 1. The number of rotatable bonds is 8. The number of halogens is 1. The van der Waals surface area contributed by atoms with E-state index in [0.717, 1.165) is 10.9 Å². The predicted octanol–water partition coefficient (Wildman–Crippen LogP) is -3.50. The second kappa shape index (κ2) is 8.94. The molecule has 0 spiro atoms. The van der Waals surface area contributed by atoms with Crippen molar-refractivity contribution < 1.29 is 61.4 Å². The Hall–Kier alpha value is -1.07. The highest BCUT2D eigenvalue weighted by atomic mass is 35.5. The van der Waals surface area contributed by atoms with E-state index in [2.05, 4.69) is 28.1 Å². The van der Waals surface area contributed by atoms with Crippen molar-refractivity contribution in [3.8, 4) is 0 Å². The molecule has 0 bridgehead atoms. The molecular formula is C10H11ClN5O13P3-4. The molecule has 180 valence electrons. The van der Waals surface area contributed by atoms with Crippen molar-refractivity contribution in [1.82, 2.24) is 19.5 Å². The number of fused-ring (bicyclic) bond motifs is 1. The Kier molecular flexibility index (Phi) is 7.14. The lowest BCUT2D eigenvalue weighted by atomic mass is 10.1. The third-order valence-electron chi connectivity index (χ3n) is 3.83. The Balaban J connectivity index is 1.72. The summed E-state index contributed by atoms with van der Waals surface area (Å²) in [6, 6.07) is 0. The maximum Gasteiger partial charge on any atom is 0.278 e. The van der Waals surface area contributed by atoms with Crippen molar-refractivity contribution in [3.05, 3.63) is 11.6 Å². The number of imidazole rings is 1. The van der Waals surface area contributed by atoms with Crippen LogP contribution in [0.2, 0.25) is 5.28 Å². The molecule has 2 aromatic rings. The molecule has 4 N–H and O–H groups in total. The fraction of sp³-hybridized carbons (Fsp3) is 0.500. The minimum absolute atomic E-state index is 0.00208. The standard InChI is InChI=1S/C10H15ClN5O13P3/c11-10-14-7(12)4-8(15-10)16(2-13-4)9-6(18)5(17)3(27-9)1-26-31(22,23)29-32(24,25)28-30(19,20)21/h2-3,5-6,9,17-18H,1H2,(H,22,23)(H,24,25)(H2,12,14,15)(H2,19,20,21)/p-4/t3-,5-,6-,9-/m1/s1. The first kappa shape index (κ1) is 25.6. The summed E-state index contributed by atoms with van der Waals surface area (Å²) in [6.45, 7) is -1.10. The molecule has 3 heterocycles. The van der Waals surface area contributed by atoms with E-state index < -0.39 is 54.6 Å². The second-order valence-corrected chi connectivity index (χ2v) is 10.6. The molecule has 22 heteroatoms. The van der Waals surface area contributed by atoms with Gasteiger partial charge >= 0.3 is 0 Å². The first-order valence-corrected chi connectivity index (χ1v) is 12.7. The van der Waals surface area contributed by atoms with E-state index in [0.29, 0.717) is 0 Å². The normalized spacial score (nSPS) is 28.0. The average molecular weight is 538 g/mol. The van der Waals surface area contributed by atoms with Gasteiger partial charge in [-0.25, -0.2) is 9.29 Å². The highest BCUT2D eigenvalue weighted by Gasteiger charge is 2.45. The van der Waals surface area contributed by atoms with Crippen molar-refractivity contribution >= 4 is 52.1 Å². The summed E-state index contributed by atoms with van der Waals surface area (Å²) < 4.78 is 50.2. The van der Waals surface area contributed by atoms with E-state index in [1.807, 2.05) is 0 Å². The number of phosphoric ester groups is 1. The van der Waals surface area contributed by atoms with Crippen LogP contribution < -0.4 is 25.3 Å². The van der Waals surface area contributed by atoms with E-state index in [4.69, 9.17) is 22.1 Å². The fourth-order valence-electron chi connectivity index (χ4n) is 2.64. The summed E-state index contributed by atoms with van der Waals surface area (Å²) in [5.41, 5.74) is 5.75. The summed E-state index contributed by atoms with van der Waals surface area (Å²) >= 11 is 5.73. The number of hydrogen-bond donors (Lipinski definition) is 3. The highest BCUT2D eigenvalue weighted by Crippen LogP contribution is 2.60. The average Bonchev–Trinajstić information content (AvgIpc) is 3.12. The molecule has 0 saturated carbocycles. The number of ether oxygens (including phenoxy) is 1. The van der Waals surface area contributed by atoms with Gasteiger partial charge in [0.2, 0.25) is 5.28 Å². The predicted molar refractivity (Wildman–Crippen MR) is 91.6 cm³/mol.